The lowest BCUT2D eigenvalue weighted by Gasteiger charge is -2.22. The fraction of sp³-hybridized carbons (Fsp3) is 0.435. The maximum Gasteiger partial charge on any atom is 0.407 e. The van der Waals surface area contributed by atoms with Crippen molar-refractivity contribution in [3.05, 3.63) is 30.9 Å². The summed E-state index contributed by atoms with van der Waals surface area (Å²) in [5, 5.41) is 7.88. The molecule has 190 valence electrons. The van der Waals surface area contributed by atoms with Crippen LogP contribution in [0.3, 0.4) is 0 Å². The van der Waals surface area contributed by atoms with Gasteiger partial charge in [-0.3, -0.25) is 14.4 Å². The van der Waals surface area contributed by atoms with Crippen molar-refractivity contribution >= 4 is 62.9 Å². The lowest BCUT2D eigenvalue weighted by Crippen LogP contribution is -2.45. The van der Waals surface area contributed by atoms with Gasteiger partial charge in [-0.1, -0.05) is 24.4 Å². The maximum atomic E-state index is 12.8. The van der Waals surface area contributed by atoms with E-state index in [2.05, 4.69) is 27.5 Å². The van der Waals surface area contributed by atoms with E-state index in [4.69, 9.17) is 9.47 Å². The van der Waals surface area contributed by atoms with E-state index >= 15 is 0 Å². The van der Waals surface area contributed by atoms with Crippen molar-refractivity contribution in [1.29, 1.82) is 0 Å². The lowest BCUT2D eigenvalue weighted by atomic mass is 10.1. The van der Waals surface area contributed by atoms with Crippen LogP contribution in [0.2, 0.25) is 0 Å². The van der Waals surface area contributed by atoms with Crippen LogP contribution in [0.5, 0.6) is 0 Å². The van der Waals surface area contributed by atoms with E-state index in [9.17, 15) is 19.2 Å². The second-order valence-electron chi connectivity index (χ2n) is 8.36. The summed E-state index contributed by atoms with van der Waals surface area (Å²) in [6.45, 7) is 10.5. The van der Waals surface area contributed by atoms with E-state index in [-0.39, 0.29) is 13.0 Å². The number of carbonyl (C=O) groups is 4. The number of anilines is 1. The summed E-state index contributed by atoms with van der Waals surface area (Å²) in [4.78, 5) is 52.5. The largest absolute Gasteiger partial charge is 0.460 e. The van der Waals surface area contributed by atoms with Crippen LogP contribution in [0.15, 0.2) is 35.2 Å². The molecule has 2 rings (SSSR count). The maximum absolute atomic E-state index is 12.8. The number of hydrogen-bond donors (Lipinski definition) is 3. The van der Waals surface area contributed by atoms with Crippen LogP contribution in [0, 0.1) is 0 Å². The number of benzene rings is 1. The first kappa shape index (κ1) is 28.1. The molecule has 0 spiro atoms. The molecular formula is C23H30N4O6S2. The summed E-state index contributed by atoms with van der Waals surface area (Å²) in [7, 11) is 0. The Hall–Kier alpha value is -3.12. The topological polar surface area (TPSA) is 136 Å². The predicted octanol–water partition coefficient (Wildman–Crippen LogP) is 3.48. The van der Waals surface area contributed by atoms with Crippen molar-refractivity contribution in [2.24, 2.45) is 0 Å². The quantitative estimate of drug-likeness (QED) is 0.177. The second kappa shape index (κ2) is 13.1. The third-order valence-corrected chi connectivity index (χ3v) is 6.21. The summed E-state index contributed by atoms with van der Waals surface area (Å²) in [5.41, 5.74) is 0.571. The molecule has 0 aliphatic rings. The number of aromatic nitrogens is 1. The SMILES string of the molecule is C=CCOC(=O)NCCSc1nc2ccc(NC(=O)C(CC(=O)OC(C)(C)C)NC(C)=O)cc2s1. The number of rotatable bonds is 11. The monoisotopic (exact) mass is 522 g/mol. The number of thioether (sulfide) groups is 1. The Morgan fingerprint density at radius 1 is 1.26 bits per heavy atom. The van der Waals surface area contributed by atoms with Crippen LogP contribution >= 0.6 is 23.1 Å². The molecule has 0 aliphatic carbocycles. The average Bonchev–Trinajstić information content (AvgIpc) is 3.15. The van der Waals surface area contributed by atoms with Crippen molar-refractivity contribution < 1.29 is 28.7 Å². The molecule has 3 N–H and O–H groups in total. The summed E-state index contributed by atoms with van der Waals surface area (Å²) in [6.07, 6.45) is 0.702. The summed E-state index contributed by atoms with van der Waals surface area (Å²) in [6, 6.07) is 4.18. The number of ether oxygens (including phenoxy) is 2. The molecule has 1 unspecified atom stereocenters. The first-order valence-electron chi connectivity index (χ1n) is 10.8. The highest BCUT2D eigenvalue weighted by molar-refractivity contribution is 8.01. The molecule has 35 heavy (non-hydrogen) atoms. The highest BCUT2D eigenvalue weighted by atomic mass is 32.2. The molecule has 0 fully saturated rings. The van der Waals surface area contributed by atoms with Gasteiger partial charge in [0.2, 0.25) is 11.8 Å². The fourth-order valence-corrected chi connectivity index (χ4v) is 4.79. The van der Waals surface area contributed by atoms with Crippen molar-refractivity contribution in [1.82, 2.24) is 15.6 Å². The molecule has 0 radical (unpaired) electrons. The first-order chi connectivity index (χ1) is 16.5. The number of nitrogens with one attached hydrogen (secondary N) is 3. The highest BCUT2D eigenvalue weighted by Gasteiger charge is 2.26. The molecule has 0 aliphatic heterocycles. The van der Waals surface area contributed by atoms with Gasteiger partial charge >= 0.3 is 12.1 Å². The van der Waals surface area contributed by atoms with Gasteiger partial charge in [0.15, 0.2) is 4.34 Å². The average molecular weight is 523 g/mol. The number of fused-ring (bicyclic) bond motifs is 1. The second-order valence-corrected chi connectivity index (χ2v) is 10.7. The smallest absolute Gasteiger partial charge is 0.407 e. The van der Waals surface area contributed by atoms with Crippen LogP contribution in [0.25, 0.3) is 10.2 Å². The van der Waals surface area contributed by atoms with E-state index in [0.29, 0.717) is 18.0 Å². The fourth-order valence-electron chi connectivity index (χ4n) is 2.75. The van der Waals surface area contributed by atoms with Crippen molar-refractivity contribution in [2.45, 2.75) is 50.1 Å². The molecule has 0 bridgehead atoms. The minimum atomic E-state index is -1.07. The number of thiazole rings is 1. The Bertz CT molecular complexity index is 1080. The van der Waals surface area contributed by atoms with E-state index in [0.717, 1.165) is 14.6 Å². The van der Waals surface area contributed by atoms with Crippen molar-refractivity contribution in [3.63, 3.8) is 0 Å². The van der Waals surface area contributed by atoms with Gasteiger partial charge < -0.3 is 25.4 Å². The van der Waals surface area contributed by atoms with E-state index in [1.807, 2.05) is 0 Å². The summed E-state index contributed by atoms with van der Waals surface area (Å²) in [5.74, 6) is -0.944. The molecule has 1 aromatic heterocycles. The third kappa shape index (κ3) is 10.4. The molecule has 1 atom stereocenters. The predicted molar refractivity (Wildman–Crippen MR) is 137 cm³/mol. The molecule has 0 saturated carbocycles. The summed E-state index contributed by atoms with van der Waals surface area (Å²) < 4.78 is 11.8. The molecule has 3 amide bonds. The number of alkyl carbamates (subject to hydrolysis) is 1. The standard InChI is InChI=1S/C23H30N4O6S2/c1-6-10-32-21(31)24-9-11-34-22-27-16-8-7-15(12-18(16)35-22)26-20(30)17(25-14(2)28)13-19(29)33-23(3,4)5/h6-8,12,17H,1,9-11,13H2,2-5H3,(H,24,31)(H,25,28)(H,26,30). The lowest BCUT2D eigenvalue weighted by molar-refractivity contribution is -0.156. The van der Waals surface area contributed by atoms with Gasteiger partial charge in [0.05, 0.1) is 16.6 Å². The number of amides is 3. The van der Waals surface area contributed by atoms with Crippen LogP contribution in [-0.4, -0.2) is 59.4 Å². The van der Waals surface area contributed by atoms with Gasteiger partial charge in [0.25, 0.3) is 0 Å². The minimum absolute atomic E-state index is 0.155. The zero-order valence-electron chi connectivity index (χ0n) is 20.1. The van der Waals surface area contributed by atoms with Gasteiger partial charge in [0, 0.05) is 24.9 Å². The number of esters is 1. The van der Waals surface area contributed by atoms with Crippen LogP contribution in [0.1, 0.15) is 34.1 Å². The minimum Gasteiger partial charge on any atom is -0.460 e. The van der Waals surface area contributed by atoms with Gasteiger partial charge in [0.1, 0.15) is 18.2 Å². The van der Waals surface area contributed by atoms with Gasteiger partial charge in [-0.25, -0.2) is 9.78 Å². The Morgan fingerprint density at radius 3 is 2.66 bits per heavy atom. The molecule has 10 nitrogen and oxygen atoms in total. The molecule has 1 aromatic carbocycles. The van der Waals surface area contributed by atoms with E-state index in [1.54, 1.807) is 39.0 Å². The van der Waals surface area contributed by atoms with Crippen molar-refractivity contribution in [3.8, 4) is 0 Å². The molecular weight excluding hydrogens is 492 g/mol. The Kier molecular flexibility index (Phi) is 10.5. The van der Waals surface area contributed by atoms with E-state index < -0.39 is 35.5 Å². The number of carbonyl (C=O) groups excluding carboxylic acids is 4. The normalized spacial score (nSPS) is 11.9. The zero-order valence-corrected chi connectivity index (χ0v) is 21.8. The Morgan fingerprint density at radius 2 is 2.00 bits per heavy atom. The van der Waals surface area contributed by atoms with E-state index in [1.165, 1.54) is 36.1 Å². The summed E-state index contributed by atoms with van der Waals surface area (Å²) >= 11 is 2.93. The van der Waals surface area contributed by atoms with Gasteiger partial charge in [-0.2, -0.15) is 0 Å². The Labute approximate surface area is 212 Å². The first-order valence-corrected chi connectivity index (χ1v) is 12.6. The molecule has 0 saturated heterocycles. The molecule has 1 heterocycles. The highest BCUT2D eigenvalue weighted by Crippen LogP contribution is 2.31. The van der Waals surface area contributed by atoms with Crippen LogP contribution < -0.4 is 16.0 Å². The third-order valence-electron chi connectivity index (χ3n) is 4.05. The Balaban J connectivity index is 1.97. The molecule has 2 aromatic rings. The van der Waals surface area contributed by atoms with Gasteiger partial charge in [-0.15, -0.1) is 11.3 Å². The van der Waals surface area contributed by atoms with Crippen LogP contribution in [0.4, 0.5) is 10.5 Å². The molecule has 12 heteroatoms. The number of nitrogens with zero attached hydrogens (tertiary/aromatic N) is 1. The van der Waals surface area contributed by atoms with Gasteiger partial charge in [-0.05, 0) is 39.0 Å². The van der Waals surface area contributed by atoms with Crippen molar-refractivity contribution in [2.75, 3.05) is 24.2 Å². The van der Waals surface area contributed by atoms with Crippen LogP contribution in [-0.2, 0) is 23.9 Å². The zero-order chi connectivity index (χ0) is 26.0. The number of hydrogen-bond acceptors (Lipinski definition) is 9.